The molecule has 0 atom stereocenters. The Morgan fingerprint density at radius 3 is 0.674 bits per heavy atom. The van der Waals surface area contributed by atoms with Gasteiger partial charge in [0.2, 0.25) is 0 Å². The average Bonchev–Trinajstić information content (AvgIpc) is 3.08. The molecule has 0 unspecified atom stereocenters. The molecule has 0 saturated carbocycles. The van der Waals surface area contributed by atoms with Gasteiger partial charge in [0.15, 0.2) is 46.0 Å². The van der Waals surface area contributed by atoms with Gasteiger partial charge in [0.25, 0.3) is 0 Å². The van der Waals surface area contributed by atoms with E-state index in [4.69, 9.17) is 47.4 Å². The highest BCUT2D eigenvalue weighted by molar-refractivity contribution is 5.48. The van der Waals surface area contributed by atoms with E-state index in [9.17, 15) is 0 Å². The van der Waals surface area contributed by atoms with Gasteiger partial charge in [0.1, 0.15) is 26.4 Å². The summed E-state index contributed by atoms with van der Waals surface area (Å²) in [6.07, 6.45) is 0. The molecule has 244 valence electrons. The molecule has 5 rings (SSSR count). The SMILES string of the molecule is c1ccc2c(c1)OCCOCCOCCOc1ccccc1Oc1ccccc1OCCOCCOCCOc1ccccc1O2. The van der Waals surface area contributed by atoms with Crippen molar-refractivity contribution in [2.45, 2.75) is 0 Å². The summed E-state index contributed by atoms with van der Waals surface area (Å²) in [7, 11) is 0. The van der Waals surface area contributed by atoms with Crippen molar-refractivity contribution in [3.63, 3.8) is 0 Å². The lowest BCUT2D eigenvalue weighted by atomic mass is 10.3. The van der Waals surface area contributed by atoms with Crippen molar-refractivity contribution in [3.05, 3.63) is 97.1 Å². The van der Waals surface area contributed by atoms with Crippen LogP contribution in [-0.2, 0) is 18.9 Å². The Bertz CT molecular complexity index is 1230. The first-order chi connectivity index (χ1) is 22.9. The zero-order valence-electron chi connectivity index (χ0n) is 25.8. The fourth-order valence-corrected chi connectivity index (χ4v) is 4.34. The second kappa shape index (κ2) is 19.1. The van der Waals surface area contributed by atoms with Gasteiger partial charge in [0, 0.05) is 0 Å². The van der Waals surface area contributed by atoms with Crippen LogP contribution in [0.25, 0.3) is 0 Å². The molecule has 0 spiro atoms. The third-order valence-electron chi connectivity index (χ3n) is 6.52. The van der Waals surface area contributed by atoms with Crippen molar-refractivity contribution in [3.8, 4) is 46.0 Å². The summed E-state index contributed by atoms with van der Waals surface area (Å²) < 4.78 is 58.9. The maximum Gasteiger partial charge on any atom is 0.169 e. The van der Waals surface area contributed by atoms with Crippen LogP contribution < -0.4 is 28.4 Å². The molecule has 0 N–H and O–H groups in total. The maximum absolute atomic E-state index is 6.18. The summed E-state index contributed by atoms with van der Waals surface area (Å²) >= 11 is 0. The van der Waals surface area contributed by atoms with E-state index in [2.05, 4.69) is 0 Å². The van der Waals surface area contributed by atoms with Gasteiger partial charge >= 0.3 is 0 Å². The van der Waals surface area contributed by atoms with Gasteiger partial charge < -0.3 is 47.4 Å². The van der Waals surface area contributed by atoms with Crippen LogP contribution in [0.2, 0.25) is 0 Å². The van der Waals surface area contributed by atoms with Gasteiger partial charge in [0.05, 0.1) is 52.9 Å². The lowest BCUT2D eigenvalue weighted by Crippen LogP contribution is -2.14. The van der Waals surface area contributed by atoms with Crippen molar-refractivity contribution >= 4 is 0 Å². The fourth-order valence-electron chi connectivity index (χ4n) is 4.34. The van der Waals surface area contributed by atoms with Gasteiger partial charge in [-0.25, -0.2) is 0 Å². The molecule has 10 heteroatoms. The Balaban J connectivity index is 1.17. The monoisotopic (exact) mass is 632 g/mol. The molecular formula is C36H40O10. The predicted molar refractivity (Wildman–Crippen MR) is 171 cm³/mol. The Morgan fingerprint density at radius 1 is 0.239 bits per heavy atom. The first-order valence-corrected chi connectivity index (χ1v) is 15.4. The summed E-state index contributed by atoms with van der Waals surface area (Å²) in [6.45, 7) is 4.72. The first kappa shape index (κ1) is 32.9. The molecule has 4 aromatic rings. The predicted octanol–water partition coefficient (Wildman–Crippen LogP) is 6.57. The summed E-state index contributed by atoms with van der Waals surface area (Å²) in [4.78, 5) is 0. The summed E-state index contributed by atoms with van der Waals surface area (Å²) in [5.41, 5.74) is 0. The second-order valence-corrected chi connectivity index (χ2v) is 9.83. The highest BCUT2D eigenvalue weighted by Gasteiger charge is 2.12. The number of ether oxygens (including phenoxy) is 10. The van der Waals surface area contributed by atoms with E-state index in [-0.39, 0.29) is 0 Å². The largest absolute Gasteiger partial charge is 0.487 e. The lowest BCUT2D eigenvalue weighted by molar-refractivity contribution is 0.0264. The van der Waals surface area contributed by atoms with E-state index in [0.29, 0.717) is 125 Å². The third-order valence-corrected chi connectivity index (χ3v) is 6.52. The molecule has 0 amide bonds. The van der Waals surface area contributed by atoms with Crippen LogP contribution in [0.15, 0.2) is 97.1 Å². The van der Waals surface area contributed by atoms with E-state index in [1.54, 1.807) is 0 Å². The Hall–Kier alpha value is -4.48. The van der Waals surface area contributed by atoms with Crippen LogP contribution in [0, 0.1) is 0 Å². The molecule has 46 heavy (non-hydrogen) atoms. The molecule has 1 aliphatic rings. The van der Waals surface area contributed by atoms with E-state index in [1.807, 2.05) is 97.1 Å². The quantitative estimate of drug-likeness (QED) is 0.212. The van der Waals surface area contributed by atoms with E-state index in [1.165, 1.54) is 0 Å². The average molecular weight is 633 g/mol. The van der Waals surface area contributed by atoms with Crippen molar-refractivity contribution < 1.29 is 47.4 Å². The van der Waals surface area contributed by atoms with Crippen LogP contribution >= 0.6 is 0 Å². The number of hydrogen-bond acceptors (Lipinski definition) is 10. The molecule has 0 bridgehead atoms. The molecule has 0 aromatic heterocycles. The van der Waals surface area contributed by atoms with Crippen molar-refractivity contribution in [1.82, 2.24) is 0 Å². The number of para-hydroxylation sites is 8. The molecule has 4 aromatic carbocycles. The van der Waals surface area contributed by atoms with Gasteiger partial charge in [-0.2, -0.15) is 0 Å². The van der Waals surface area contributed by atoms with E-state index < -0.39 is 0 Å². The number of rotatable bonds is 0. The first-order valence-electron chi connectivity index (χ1n) is 15.4. The molecular weight excluding hydrogens is 592 g/mol. The van der Waals surface area contributed by atoms with Crippen LogP contribution in [0.1, 0.15) is 0 Å². The fraction of sp³-hybridized carbons (Fsp3) is 0.333. The Morgan fingerprint density at radius 2 is 0.435 bits per heavy atom. The molecule has 0 fully saturated rings. The summed E-state index contributed by atoms with van der Waals surface area (Å²) in [5, 5.41) is 0. The molecule has 0 aliphatic carbocycles. The molecule has 1 aliphatic heterocycles. The lowest BCUT2D eigenvalue weighted by Gasteiger charge is -2.16. The molecule has 0 saturated heterocycles. The van der Waals surface area contributed by atoms with Crippen LogP contribution in [0.3, 0.4) is 0 Å². The molecule has 10 nitrogen and oxygen atoms in total. The van der Waals surface area contributed by atoms with Crippen LogP contribution in [-0.4, -0.2) is 79.3 Å². The van der Waals surface area contributed by atoms with Gasteiger partial charge in [-0.3, -0.25) is 0 Å². The van der Waals surface area contributed by atoms with E-state index in [0.717, 1.165) is 0 Å². The third kappa shape index (κ3) is 10.8. The van der Waals surface area contributed by atoms with Gasteiger partial charge in [-0.1, -0.05) is 48.5 Å². The normalized spacial score (nSPS) is 16.3. The zero-order chi connectivity index (χ0) is 31.5. The zero-order valence-corrected chi connectivity index (χ0v) is 25.8. The van der Waals surface area contributed by atoms with Gasteiger partial charge in [-0.05, 0) is 48.5 Å². The topological polar surface area (TPSA) is 92.3 Å². The van der Waals surface area contributed by atoms with E-state index >= 15 is 0 Å². The van der Waals surface area contributed by atoms with Gasteiger partial charge in [-0.15, -0.1) is 0 Å². The second-order valence-electron chi connectivity index (χ2n) is 9.83. The summed E-state index contributed by atoms with van der Waals surface area (Å²) in [5.74, 6) is 4.74. The van der Waals surface area contributed by atoms with Crippen LogP contribution in [0.4, 0.5) is 0 Å². The van der Waals surface area contributed by atoms with Crippen molar-refractivity contribution in [2.75, 3.05) is 79.3 Å². The number of benzene rings is 4. The smallest absolute Gasteiger partial charge is 0.169 e. The van der Waals surface area contributed by atoms with Crippen molar-refractivity contribution in [2.24, 2.45) is 0 Å². The summed E-state index contributed by atoms with van der Waals surface area (Å²) in [6, 6.07) is 30.0. The highest BCUT2D eigenvalue weighted by Crippen LogP contribution is 2.37. The maximum atomic E-state index is 6.18. The Kier molecular flexibility index (Phi) is 13.7. The number of fused-ring (bicyclic) bond motifs is 4. The minimum Gasteiger partial charge on any atom is -0.487 e. The molecule has 0 radical (unpaired) electrons. The van der Waals surface area contributed by atoms with Crippen molar-refractivity contribution in [1.29, 1.82) is 0 Å². The minimum atomic E-state index is 0.355. The number of hydrogen-bond donors (Lipinski definition) is 0. The van der Waals surface area contributed by atoms with Crippen LogP contribution in [0.5, 0.6) is 46.0 Å². The standard InChI is InChI=1S/C36H40O10/c1-5-13-33-29(9-1)41-25-21-37-17-18-38-23-27-43-31-11-3-7-15-35(31)46-36-16-8-4-12-32(36)44-28-24-40-20-19-39-22-26-42-30-10-2-6-14-34(30)45-33/h1-16H,17-28H2. The molecule has 1 heterocycles. The minimum absolute atomic E-state index is 0.355. The Labute approximate surface area is 269 Å². The highest BCUT2D eigenvalue weighted by atomic mass is 16.6.